The van der Waals surface area contributed by atoms with E-state index >= 15 is 0 Å². The second-order valence-corrected chi connectivity index (χ2v) is 4.75. The number of carbonyl (C=O) groups is 2. The third-order valence-electron chi connectivity index (χ3n) is 3.06. The molecule has 0 aliphatic heterocycles. The Morgan fingerprint density at radius 3 is 2.60 bits per heavy atom. The zero-order chi connectivity index (χ0) is 14.9. The highest BCUT2D eigenvalue weighted by Crippen LogP contribution is 2.24. The lowest BCUT2D eigenvalue weighted by atomic mass is 10.0. The number of hydrogen-bond donors (Lipinski definition) is 1. The Morgan fingerprint density at radius 2 is 2.05 bits per heavy atom. The van der Waals surface area contributed by atoms with Crippen LogP contribution < -0.4 is 0 Å². The Labute approximate surface area is 115 Å². The van der Waals surface area contributed by atoms with Gasteiger partial charge in [0.05, 0.1) is 18.2 Å². The van der Waals surface area contributed by atoms with Crippen molar-refractivity contribution in [2.45, 2.75) is 19.9 Å². The maximum absolute atomic E-state index is 11.9. The Balaban J connectivity index is 2.60. The standard InChI is InChI=1S/C13H15N3O4/c1-7(2)11(13(19)20-3)16-10-6-8(12(17)18)4-5-9(10)14-15-16/h4-7,11H,1-3H3,(H,17,18). The average molecular weight is 277 g/mol. The summed E-state index contributed by atoms with van der Waals surface area (Å²) in [5, 5.41) is 16.9. The first-order valence-corrected chi connectivity index (χ1v) is 6.11. The van der Waals surface area contributed by atoms with Crippen LogP contribution in [0.3, 0.4) is 0 Å². The molecule has 2 rings (SSSR count). The van der Waals surface area contributed by atoms with Gasteiger partial charge >= 0.3 is 11.9 Å². The van der Waals surface area contributed by atoms with E-state index in [4.69, 9.17) is 9.84 Å². The van der Waals surface area contributed by atoms with Gasteiger partial charge in [-0.15, -0.1) is 5.10 Å². The van der Waals surface area contributed by atoms with E-state index in [1.54, 1.807) is 6.07 Å². The summed E-state index contributed by atoms with van der Waals surface area (Å²) in [6, 6.07) is 3.83. The van der Waals surface area contributed by atoms with Gasteiger partial charge in [0.2, 0.25) is 0 Å². The Kier molecular flexibility index (Phi) is 3.69. The molecule has 0 aliphatic carbocycles. The van der Waals surface area contributed by atoms with Crippen molar-refractivity contribution in [3.8, 4) is 0 Å². The molecule has 0 saturated carbocycles. The van der Waals surface area contributed by atoms with E-state index in [0.29, 0.717) is 11.0 Å². The zero-order valence-electron chi connectivity index (χ0n) is 11.4. The van der Waals surface area contributed by atoms with Crippen LogP contribution in [0.5, 0.6) is 0 Å². The van der Waals surface area contributed by atoms with Crippen LogP contribution in [0.15, 0.2) is 18.2 Å². The molecule has 1 unspecified atom stereocenters. The summed E-state index contributed by atoms with van der Waals surface area (Å²) >= 11 is 0. The van der Waals surface area contributed by atoms with Gasteiger partial charge in [0.25, 0.3) is 0 Å². The second kappa shape index (κ2) is 5.28. The lowest BCUT2D eigenvalue weighted by molar-refractivity contribution is -0.146. The number of methoxy groups -OCH3 is 1. The molecule has 0 bridgehead atoms. The maximum atomic E-state index is 11.9. The lowest BCUT2D eigenvalue weighted by Gasteiger charge is -2.18. The number of fused-ring (bicyclic) bond motifs is 1. The van der Waals surface area contributed by atoms with E-state index in [2.05, 4.69) is 10.3 Å². The molecule has 20 heavy (non-hydrogen) atoms. The van der Waals surface area contributed by atoms with Crippen LogP contribution in [0.25, 0.3) is 11.0 Å². The van der Waals surface area contributed by atoms with Crippen molar-refractivity contribution in [1.82, 2.24) is 15.0 Å². The fraction of sp³-hybridized carbons (Fsp3) is 0.385. The molecule has 1 aromatic carbocycles. The van der Waals surface area contributed by atoms with Crippen molar-refractivity contribution >= 4 is 23.0 Å². The van der Waals surface area contributed by atoms with Gasteiger partial charge in [0, 0.05) is 0 Å². The van der Waals surface area contributed by atoms with Gasteiger partial charge < -0.3 is 9.84 Å². The van der Waals surface area contributed by atoms with Crippen molar-refractivity contribution in [3.63, 3.8) is 0 Å². The van der Waals surface area contributed by atoms with Crippen molar-refractivity contribution in [2.75, 3.05) is 7.11 Å². The smallest absolute Gasteiger partial charge is 0.335 e. The molecule has 0 radical (unpaired) electrons. The topological polar surface area (TPSA) is 94.3 Å². The maximum Gasteiger partial charge on any atom is 0.335 e. The second-order valence-electron chi connectivity index (χ2n) is 4.75. The fourth-order valence-corrected chi connectivity index (χ4v) is 2.05. The van der Waals surface area contributed by atoms with E-state index in [1.165, 1.54) is 23.9 Å². The minimum atomic E-state index is -1.04. The molecule has 7 heteroatoms. The van der Waals surface area contributed by atoms with Gasteiger partial charge in [0.1, 0.15) is 5.52 Å². The summed E-state index contributed by atoms with van der Waals surface area (Å²) in [5.41, 5.74) is 1.15. The molecule has 0 aliphatic rings. The number of aromatic carboxylic acids is 1. The quantitative estimate of drug-likeness (QED) is 0.851. The number of aromatic nitrogens is 3. The van der Waals surface area contributed by atoms with E-state index in [9.17, 15) is 9.59 Å². The number of carboxylic acid groups (broad SMARTS) is 1. The number of rotatable bonds is 4. The summed E-state index contributed by atoms with van der Waals surface area (Å²) < 4.78 is 6.20. The molecule has 1 N–H and O–H groups in total. The van der Waals surface area contributed by atoms with E-state index in [-0.39, 0.29) is 11.5 Å². The highest BCUT2D eigenvalue weighted by molar-refractivity contribution is 5.92. The highest BCUT2D eigenvalue weighted by atomic mass is 16.5. The molecule has 2 aromatic rings. The molecule has 0 amide bonds. The van der Waals surface area contributed by atoms with E-state index in [1.807, 2.05) is 13.8 Å². The van der Waals surface area contributed by atoms with Crippen LogP contribution in [-0.2, 0) is 9.53 Å². The third-order valence-corrected chi connectivity index (χ3v) is 3.06. The van der Waals surface area contributed by atoms with Crippen molar-refractivity contribution in [3.05, 3.63) is 23.8 Å². The van der Waals surface area contributed by atoms with Crippen molar-refractivity contribution < 1.29 is 19.4 Å². The zero-order valence-corrected chi connectivity index (χ0v) is 11.4. The first-order chi connectivity index (χ1) is 9.45. The van der Waals surface area contributed by atoms with Crippen LogP contribution in [0.4, 0.5) is 0 Å². The number of carboxylic acids is 1. The fourth-order valence-electron chi connectivity index (χ4n) is 2.05. The Bertz CT molecular complexity index is 663. The van der Waals surface area contributed by atoms with Gasteiger partial charge in [-0.25, -0.2) is 14.3 Å². The van der Waals surface area contributed by atoms with Crippen LogP contribution >= 0.6 is 0 Å². The van der Waals surface area contributed by atoms with Crippen molar-refractivity contribution in [2.24, 2.45) is 5.92 Å². The summed E-state index contributed by atoms with van der Waals surface area (Å²) in [5.74, 6) is -1.55. The molecule has 1 heterocycles. The molecule has 106 valence electrons. The molecule has 1 aromatic heterocycles. The first kappa shape index (κ1) is 14.0. The first-order valence-electron chi connectivity index (χ1n) is 6.11. The van der Waals surface area contributed by atoms with Crippen LogP contribution in [-0.4, -0.2) is 39.1 Å². The molecule has 0 fully saturated rings. The summed E-state index contributed by atoms with van der Waals surface area (Å²) in [7, 11) is 1.31. The molecule has 0 saturated heterocycles. The van der Waals surface area contributed by atoms with Crippen LogP contribution in [0.2, 0.25) is 0 Å². The normalized spacial score (nSPS) is 12.6. The number of carbonyl (C=O) groups excluding carboxylic acids is 1. The van der Waals surface area contributed by atoms with Crippen LogP contribution in [0, 0.1) is 5.92 Å². The summed E-state index contributed by atoms with van der Waals surface area (Å²) in [6.45, 7) is 3.71. The van der Waals surface area contributed by atoms with Gasteiger partial charge in [-0.05, 0) is 24.1 Å². The highest BCUT2D eigenvalue weighted by Gasteiger charge is 2.28. The Hall–Kier alpha value is -2.44. The van der Waals surface area contributed by atoms with Gasteiger partial charge in [-0.1, -0.05) is 19.1 Å². The molecular weight excluding hydrogens is 262 g/mol. The number of esters is 1. The lowest BCUT2D eigenvalue weighted by Crippen LogP contribution is -2.26. The third kappa shape index (κ3) is 2.34. The largest absolute Gasteiger partial charge is 0.478 e. The van der Waals surface area contributed by atoms with E-state index in [0.717, 1.165) is 0 Å². The predicted molar refractivity (Wildman–Crippen MR) is 70.4 cm³/mol. The molecule has 7 nitrogen and oxygen atoms in total. The van der Waals surface area contributed by atoms with Gasteiger partial charge in [-0.3, -0.25) is 0 Å². The predicted octanol–water partition coefficient (Wildman–Crippen LogP) is 1.50. The Morgan fingerprint density at radius 1 is 1.35 bits per heavy atom. The monoisotopic (exact) mass is 277 g/mol. The molecule has 0 spiro atoms. The SMILES string of the molecule is COC(=O)C(C(C)C)n1nnc2ccc(C(=O)O)cc21. The van der Waals surface area contributed by atoms with Crippen molar-refractivity contribution in [1.29, 1.82) is 0 Å². The van der Waals surface area contributed by atoms with E-state index < -0.39 is 18.0 Å². The van der Waals surface area contributed by atoms with Gasteiger partial charge in [0.15, 0.2) is 6.04 Å². The number of hydrogen-bond acceptors (Lipinski definition) is 5. The molecule has 1 atom stereocenters. The number of nitrogens with zero attached hydrogens (tertiary/aromatic N) is 3. The average Bonchev–Trinajstić information content (AvgIpc) is 2.81. The minimum absolute atomic E-state index is 0.0687. The minimum Gasteiger partial charge on any atom is -0.478 e. The number of benzene rings is 1. The van der Waals surface area contributed by atoms with Gasteiger partial charge in [-0.2, -0.15) is 0 Å². The summed E-state index contributed by atoms with van der Waals surface area (Å²) in [4.78, 5) is 22.9. The molecular formula is C13H15N3O4. The summed E-state index contributed by atoms with van der Waals surface area (Å²) in [6.07, 6.45) is 0. The van der Waals surface area contributed by atoms with Crippen LogP contribution in [0.1, 0.15) is 30.2 Å². The number of ether oxygens (including phenoxy) is 1.